The third-order valence-corrected chi connectivity index (χ3v) is 3.78. The predicted octanol–water partition coefficient (Wildman–Crippen LogP) is 2.62. The summed E-state index contributed by atoms with van der Waals surface area (Å²) in [5.41, 5.74) is 4.65. The van der Waals surface area contributed by atoms with E-state index in [1.54, 1.807) is 23.9 Å². The molecule has 0 bridgehead atoms. The Kier molecular flexibility index (Phi) is 4.65. The Hall–Kier alpha value is -1.72. The largest absolute Gasteiger partial charge is 0.455 e. The van der Waals surface area contributed by atoms with Crippen molar-refractivity contribution in [2.45, 2.75) is 18.4 Å². The Morgan fingerprint density at radius 3 is 2.79 bits per heavy atom. The van der Waals surface area contributed by atoms with Crippen LogP contribution in [0, 0.1) is 6.92 Å². The maximum Gasteiger partial charge on any atom is 0.300 e. The Morgan fingerprint density at radius 2 is 2.05 bits per heavy atom. The molecule has 0 spiro atoms. The van der Waals surface area contributed by atoms with Crippen LogP contribution in [0.5, 0.6) is 0 Å². The van der Waals surface area contributed by atoms with Gasteiger partial charge in [-0.2, -0.15) is 0 Å². The number of hydrazine groups is 1. The highest BCUT2D eigenvalue weighted by molar-refractivity contribution is 7.97. The first kappa shape index (κ1) is 13.7. The molecule has 0 saturated carbocycles. The van der Waals surface area contributed by atoms with Gasteiger partial charge >= 0.3 is 5.91 Å². The molecule has 0 aliphatic carbocycles. The Bertz CT molecular complexity index is 566. The minimum absolute atomic E-state index is 0.244. The van der Waals surface area contributed by atoms with E-state index in [0.29, 0.717) is 0 Å². The maximum atomic E-state index is 11.2. The number of nitrogens with one attached hydrogen (secondary N) is 1. The zero-order chi connectivity index (χ0) is 13.7. The summed E-state index contributed by atoms with van der Waals surface area (Å²) in [6, 6.07) is 11.7. The predicted molar refractivity (Wildman–Crippen MR) is 76.5 cm³/mol. The molecule has 2 rings (SSSR count). The van der Waals surface area contributed by atoms with Crippen LogP contribution in [0.2, 0.25) is 0 Å². The van der Waals surface area contributed by atoms with Gasteiger partial charge in [-0.15, -0.1) is 11.8 Å². The van der Waals surface area contributed by atoms with Crippen molar-refractivity contribution < 1.29 is 9.21 Å². The molecule has 0 saturated heterocycles. The maximum absolute atomic E-state index is 11.2. The van der Waals surface area contributed by atoms with Gasteiger partial charge in [-0.1, -0.05) is 24.3 Å². The molecule has 1 heterocycles. The average Bonchev–Trinajstić information content (AvgIpc) is 2.89. The highest BCUT2D eigenvalue weighted by atomic mass is 32.2. The molecule has 5 heteroatoms. The summed E-state index contributed by atoms with van der Waals surface area (Å²) in [6.45, 7) is 2.10. The van der Waals surface area contributed by atoms with Crippen LogP contribution in [0.15, 0.2) is 40.8 Å². The fraction of sp³-hybridized carbons (Fsp3) is 0.214. The van der Waals surface area contributed by atoms with E-state index < -0.39 is 5.91 Å². The monoisotopic (exact) mass is 276 g/mol. The van der Waals surface area contributed by atoms with Crippen molar-refractivity contribution >= 4 is 17.7 Å². The van der Waals surface area contributed by atoms with Crippen molar-refractivity contribution in [3.05, 3.63) is 59.0 Å². The molecule has 1 aromatic carbocycles. The quantitative estimate of drug-likeness (QED) is 0.500. The SMILES string of the molecule is Cc1ccccc1CSCc1ccc(C(=O)NN)o1. The van der Waals surface area contributed by atoms with Gasteiger partial charge in [-0.3, -0.25) is 10.2 Å². The standard InChI is InChI=1S/C14H16N2O2S/c1-10-4-2-3-5-11(10)8-19-9-12-6-7-13(18-12)14(17)16-15/h2-7H,8-9,15H2,1H3,(H,16,17). The highest BCUT2D eigenvalue weighted by Crippen LogP contribution is 2.21. The highest BCUT2D eigenvalue weighted by Gasteiger charge is 2.09. The van der Waals surface area contributed by atoms with Crippen molar-refractivity contribution in [2.24, 2.45) is 5.84 Å². The van der Waals surface area contributed by atoms with Crippen LogP contribution in [0.4, 0.5) is 0 Å². The van der Waals surface area contributed by atoms with Crippen LogP contribution >= 0.6 is 11.8 Å². The van der Waals surface area contributed by atoms with Crippen LogP contribution in [0.25, 0.3) is 0 Å². The first-order chi connectivity index (χ1) is 9.20. The van der Waals surface area contributed by atoms with Crippen molar-refractivity contribution in [1.29, 1.82) is 0 Å². The summed E-state index contributed by atoms with van der Waals surface area (Å²) in [7, 11) is 0. The lowest BCUT2D eigenvalue weighted by molar-refractivity contribution is 0.0924. The summed E-state index contributed by atoms with van der Waals surface area (Å²) >= 11 is 1.75. The number of furan rings is 1. The fourth-order valence-corrected chi connectivity index (χ4v) is 2.68. The smallest absolute Gasteiger partial charge is 0.300 e. The molecule has 0 radical (unpaired) electrons. The molecule has 3 N–H and O–H groups in total. The Balaban J connectivity index is 1.88. The van der Waals surface area contributed by atoms with Crippen molar-refractivity contribution in [1.82, 2.24) is 5.43 Å². The summed E-state index contributed by atoms with van der Waals surface area (Å²) in [5.74, 6) is 7.30. The minimum atomic E-state index is -0.407. The van der Waals surface area contributed by atoms with E-state index in [1.807, 2.05) is 17.6 Å². The number of aryl methyl sites for hydroxylation is 1. The van der Waals surface area contributed by atoms with E-state index in [2.05, 4.69) is 19.1 Å². The lowest BCUT2D eigenvalue weighted by Gasteiger charge is -2.04. The molecule has 100 valence electrons. The van der Waals surface area contributed by atoms with Crippen molar-refractivity contribution in [3.8, 4) is 0 Å². The summed E-state index contributed by atoms with van der Waals surface area (Å²) in [4.78, 5) is 11.2. The molecule has 2 aromatic rings. The van der Waals surface area contributed by atoms with Gasteiger partial charge in [0.2, 0.25) is 0 Å². The number of hydrogen-bond donors (Lipinski definition) is 2. The number of carbonyl (C=O) groups excluding carboxylic acids is 1. The lowest BCUT2D eigenvalue weighted by atomic mass is 10.1. The first-order valence-corrected chi connectivity index (χ1v) is 7.08. The van der Waals surface area contributed by atoms with Crippen LogP contribution in [0.1, 0.15) is 27.4 Å². The third kappa shape index (κ3) is 3.62. The van der Waals surface area contributed by atoms with E-state index >= 15 is 0 Å². The average molecular weight is 276 g/mol. The molecule has 0 fully saturated rings. The van der Waals surface area contributed by atoms with Crippen LogP contribution < -0.4 is 11.3 Å². The second kappa shape index (κ2) is 6.45. The molecule has 0 unspecified atom stereocenters. The van der Waals surface area contributed by atoms with Crippen LogP contribution in [-0.4, -0.2) is 5.91 Å². The molecule has 1 amide bonds. The molecule has 0 atom stereocenters. The second-order valence-electron chi connectivity index (χ2n) is 4.16. The number of rotatable bonds is 5. The van der Waals surface area contributed by atoms with E-state index in [-0.39, 0.29) is 5.76 Å². The van der Waals surface area contributed by atoms with Gasteiger partial charge in [0.15, 0.2) is 5.76 Å². The van der Waals surface area contributed by atoms with Gasteiger partial charge in [-0.25, -0.2) is 5.84 Å². The number of hydrogen-bond acceptors (Lipinski definition) is 4. The van der Waals surface area contributed by atoms with Crippen molar-refractivity contribution in [2.75, 3.05) is 0 Å². The number of benzene rings is 1. The Labute approximate surface area is 116 Å². The molecular formula is C14H16N2O2S. The second-order valence-corrected chi connectivity index (χ2v) is 5.14. The van der Waals surface area contributed by atoms with Gasteiger partial charge in [0.25, 0.3) is 0 Å². The molecular weight excluding hydrogens is 260 g/mol. The number of thioether (sulfide) groups is 1. The van der Waals surface area contributed by atoms with Crippen LogP contribution in [0.3, 0.4) is 0 Å². The minimum Gasteiger partial charge on any atom is -0.455 e. The molecule has 4 nitrogen and oxygen atoms in total. The first-order valence-electron chi connectivity index (χ1n) is 5.92. The number of nitrogen functional groups attached to an aromatic ring is 1. The van der Waals surface area contributed by atoms with Gasteiger partial charge in [0, 0.05) is 5.75 Å². The van der Waals surface area contributed by atoms with E-state index in [0.717, 1.165) is 17.3 Å². The number of nitrogens with two attached hydrogens (primary N) is 1. The lowest BCUT2D eigenvalue weighted by Crippen LogP contribution is -2.29. The zero-order valence-electron chi connectivity index (χ0n) is 10.7. The summed E-state index contributed by atoms with van der Waals surface area (Å²) in [6.07, 6.45) is 0. The van der Waals surface area contributed by atoms with E-state index in [9.17, 15) is 4.79 Å². The molecule has 0 aliphatic rings. The Morgan fingerprint density at radius 1 is 1.26 bits per heavy atom. The zero-order valence-corrected chi connectivity index (χ0v) is 11.5. The van der Waals surface area contributed by atoms with Gasteiger partial charge < -0.3 is 4.42 Å². The van der Waals surface area contributed by atoms with Gasteiger partial charge in [0.1, 0.15) is 5.76 Å². The molecule has 0 aliphatic heterocycles. The normalized spacial score (nSPS) is 10.4. The number of carbonyl (C=O) groups is 1. The number of amides is 1. The topological polar surface area (TPSA) is 68.3 Å². The van der Waals surface area contributed by atoms with E-state index in [4.69, 9.17) is 10.3 Å². The molecule has 19 heavy (non-hydrogen) atoms. The third-order valence-electron chi connectivity index (χ3n) is 2.78. The van der Waals surface area contributed by atoms with Gasteiger partial charge in [-0.05, 0) is 30.2 Å². The summed E-state index contributed by atoms with van der Waals surface area (Å²) < 4.78 is 5.39. The van der Waals surface area contributed by atoms with Crippen LogP contribution in [-0.2, 0) is 11.5 Å². The molecule has 1 aromatic heterocycles. The van der Waals surface area contributed by atoms with Crippen molar-refractivity contribution in [3.63, 3.8) is 0 Å². The summed E-state index contributed by atoms with van der Waals surface area (Å²) in [5, 5.41) is 0. The fourth-order valence-electron chi connectivity index (χ4n) is 1.68. The van der Waals surface area contributed by atoms with Gasteiger partial charge in [0.05, 0.1) is 5.75 Å². The van der Waals surface area contributed by atoms with E-state index in [1.165, 1.54) is 11.1 Å².